The molecule has 1 aliphatic heterocycles. The van der Waals surface area contributed by atoms with Crippen LogP contribution < -0.4 is 5.32 Å². The maximum atomic E-state index is 4.56. The average Bonchev–Trinajstić information content (AvgIpc) is 2.31. The number of nitrogens with one attached hydrogen (secondary N) is 1. The van der Waals surface area contributed by atoms with E-state index in [0.29, 0.717) is 11.8 Å². The van der Waals surface area contributed by atoms with Gasteiger partial charge >= 0.3 is 0 Å². The Balaban J connectivity index is 2.16. The molecule has 0 bridgehead atoms. The highest BCUT2D eigenvalue weighted by molar-refractivity contribution is 5.12. The molecule has 2 rings (SSSR count). The van der Waals surface area contributed by atoms with E-state index >= 15 is 0 Å². The first-order chi connectivity index (χ1) is 7.79. The average molecular weight is 218 g/mol. The largest absolute Gasteiger partial charge is 0.317 e. The van der Waals surface area contributed by atoms with Gasteiger partial charge in [-0.3, -0.25) is 4.98 Å². The Morgan fingerprint density at radius 2 is 2.00 bits per heavy atom. The van der Waals surface area contributed by atoms with Gasteiger partial charge in [-0.25, -0.2) is 0 Å². The third-order valence-electron chi connectivity index (χ3n) is 3.64. The van der Waals surface area contributed by atoms with E-state index in [0.717, 1.165) is 5.92 Å². The molecule has 1 N–H and O–H groups in total. The molecule has 2 heteroatoms. The lowest BCUT2D eigenvalue weighted by Crippen LogP contribution is -2.32. The maximum Gasteiger partial charge on any atom is 0.0439 e. The predicted octanol–water partition coefficient (Wildman–Crippen LogP) is 2.82. The minimum absolute atomic E-state index is 0.628. The third kappa shape index (κ3) is 2.62. The number of piperidine rings is 1. The van der Waals surface area contributed by atoms with Crippen molar-refractivity contribution in [2.24, 2.45) is 11.8 Å². The molecule has 88 valence electrons. The van der Waals surface area contributed by atoms with Gasteiger partial charge in [0.15, 0.2) is 0 Å². The Bertz CT molecular complexity index is 302. The number of nitrogens with zero attached hydrogens (tertiary/aromatic N) is 1. The third-order valence-corrected chi connectivity index (χ3v) is 3.64. The van der Waals surface area contributed by atoms with Crippen LogP contribution >= 0.6 is 0 Å². The number of aromatic nitrogens is 1. The van der Waals surface area contributed by atoms with Crippen LogP contribution in [0.5, 0.6) is 0 Å². The van der Waals surface area contributed by atoms with Gasteiger partial charge in [-0.05, 0) is 49.9 Å². The van der Waals surface area contributed by atoms with Crippen molar-refractivity contribution in [3.63, 3.8) is 0 Å². The Labute approximate surface area is 98.5 Å². The van der Waals surface area contributed by atoms with Crippen molar-refractivity contribution in [1.29, 1.82) is 0 Å². The number of hydrogen-bond donors (Lipinski definition) is 1. The van der Waals surface area contributed by atoms with Crippen LogP contribution in [0.1, 0.15) is 38.3 Å². The molecule has 0 radical (unpaired) electrons. The standard InChI is InChI=1S/C14H22N2/c1-11(2)14(12-6-9-15-10-7-12)13-5-3-4-8-16-13/h3-5,8,11-12,14-15H,6-7,9-10H2,1-2H3. The quantitative estimate of drug-likeness (QED) is 0.844. The first-order valence-corrected chi connectivity index (χ1v) is 6.40. The van der Waals surface area contributed by atoms with Crippen molar-refractivity contribution in [3.8, 4) is 0 Å². The molecule has 0 spiro atoms. The molecule has 1 aliphatic rings. The van der Waals surface area contributed by atoms with Gasteiger partial charge in [0.25, 0.3) is 0 Å². The van der Waals surface area contributed by atoms with Gasteiger partial charge in [0.1, 0.15) is 0 Å². The fourth-order valence-electron chi connectivity index (χ4n) is 2.90. The van der Waals surface area contributed by atoms with E-state index in [9.17, 15) is 0 Å². The van der Waals surface area contributed by atoms with Gasteiger partial charge in [0, 0.05) is 17.8 Å². The van der Waals surface area contributed by atoms with Gasteiger partial charge in [0.05, 0.1) is 0 Å². The van der Waals surface area contributed by atoms with Gasteiger partial charge < -0.3 is 5.32 Å². The molecule has 0 saturated carbocycles. The highest BCUT2D eigenvalue weighted by Crippen LogP contribution is 2.35. The van der Waals surface area contributed by atoms with E-state index < -0.39 is 0 Å². The summed E-state index contributed by atoms with van der Waals surface area (Å²) in [6.45, 7) is 6.98. The van der Waals surface area contributed by atoms with E-state index in [4.69, 9.17) is 0 Å². The van der Waals surface area contributed by atoms with Gasteiger partial charge in [-0.2, -0.15) is 0 Å². The zero-order valence-electron chi connectivity index (χ0n) is 10.3. The van der Waals surface area contributed by atoms with Crippen molar-refractivity contribution in [1.82, 2.24) is 10.3 Å². The summed E-state index contributed by atoms with van der Waals surface area (Å²) in [5.74, 6) is 2.11. The topological polar surface area (TPSA) is 24.9 Å². The minimum Gasteiger partial charge on any atom is -0.317 e. The second-order valence-corrected chi connectivity index (χ2v) is 5.11. The highest BCUT2D eigenvalue weighted by atomic mass is 14.9. The molecular formula is C14H22N2. The summed E-state index contributed by atoms with van der Waals surface area (Å²) in [6, 6.07) is 6.30. The summed E-state index contributed by atoms with van der Waals surface area (Å²) in [5.41, 5.74) is 1.28. The van der Waals surface area contributed by atoms with Crippen molar-refractivity contribution >= 4 is 0 Å². The summed E-state index contributed by atoms with van der Waals surface area (Å²) in [5, 5.41) is 3.44. The Kier molecular flexibility index (Phi) is 3.94. The zero-order valence-corrected chi connectivity index (χ0v) is 10.3. The van der Waals surface area contributed by atoms with E-state index in [1.54, 1.807) is 0 Å². The Morgan fingerprint density at radius 1 is 1.25 bits per heavy atom. The van der Waals surface area contributed by atoms with Gasteiger partial charge in [-0.1, -0.05) is 19.9 Å². The summed E-state index contributed by atoms with van der Waals surface area (Å²) < 4.78 is 0. The summed E-state index contributed by atoms with van der Waals surface area (Å²) in [4.78, 5) is 4.56. The van der Waals surface area contributed by atoms with Gasteiger partial charge in [-0.15, -0.1) is 0 Å². The van der Waals surface area contributed by atoms with Crippen LogP contribution in [0.4, 0.5) is 0 Å². The SMILES string of the molecule is CC(C)C(c1ccccn1)C1CCNCC1. The highest BCUT2D eigenvalue weighted by Gasteiger charge is 2.28. The van der Waals surface area contributed by atoms with E-state index in [-0.39, 0.29) is 0 Å². The predicted molar refractivity (Wildman–Crippen MR) is 67.4 cm³/mol. The van der Waals surface area contributed by atoms with E-state index in [1.807, 2.05) is 12.3 Å². The molecule has 0 aromatic carbocycles. The molecule has 16 heavy (non-hydrogen) atoms. The molecule has 0 amide bonds. The zero-order chi connectivity index (χ0) is 11.4. The molecule has 1 atom stereocenters. The lowest BCUT2D eigenvalue weighted by Gasteiger charge is -2.33. The Hall–Kier alpha value is -0.890. The normalized spacial score (nSPS) is 19.9. The molecule has 1 aromatic heterocycles. The van der Waals surface area contributed by atoms with Crippen LogP contribution in [0.15, 0.2) is 24.4 Å². The monoisotopic (exact) mass is 218 g/mol. The number of hydrogen-bond acceptors (Lipinski definition) is 2. The van der Waals surface area contributed by atoms with Crippen molar-refractivity contribution in [2.45, 2.75) is 32.6 Å². The molecule has 1 unspecified atom stereocenters. The molecule has 2 nitrogen and oxygen atoms in total. The molecule has 1 aromatic rings. The number of pyridine rings is 1. The van der Waals surface area contributed by atoms with Crippen LogP contribution in [-0.4, -0.2) is 18.1 Å². The summed E-state index contributed by atoms with van der Waals surface area (Å²) in [7, 11) is 0. The van der Waals surface area contributed by atoms with Crippen LogP contribution in [-0.2, 0) is 0 Å². The fourth-order valence-corrected chi connectivity index (χ4v) is 2.90. The lowest BCUT2D eigenvalue weighted by atomic mass is 9.76. The molecule has 1 saturated heterocycles. The molecule has 1 fully saturated rings. The van der Waals surface area contributed by atoms with Crippen molar-refractivity contribution in [2.75, 3.05) is 13.1 Å². The lowest BCUT2D eigenvalue weighted by molar-refractivity contribution is 0.267. The van der Waals surface area contributed by atoms with Crippen molar-refractivity contribution < 1.29 is 0 Å². The fraction of sp³-hybridized carbons (Fsp3) is 0.643. The number of rotatable bonds is 3. The second kappa shape index (κ2) is 5.44. The van der Waals surface area contributed by atoms with Crippen LogP contribution in [0.3, 0.4) is 0 Å². The van der Waals surface area contributed by atoms with Crippen LogP contribution in [0.25, 0.3) is 0 Å². The van der Waals surface area contributed by atoms with E-state index in [1.165, 1.54) is 31.6 Å². The van der Waals surface area contributed by atoms with Crippen LogP contribution in [0, 0.1) is 11.8 Å². The van der Waals surface area contributed by atoms with E-state index in [2.05, 4.69) is 36.3 Å². The molecular weight excluding hydrogens is 196 g/mol. The van der Waals surface area contributed by atoms with Gasteiger partial charge in [0.2, 0.25) is 0 Å². The first kappa shape index (κ1) is 11.6. The summed E-state index contributed by atoms with van der Waals surface area (Å²) in [6.07, 6.45) is 4.50. The summed E-state index contributed by atoms with van der Waals surface area (Å²) >= 11 is 0. The molecule has 2 heterocycles. The minimum atomic E-state index is 0.628. The second-order valence-electron chi connectivity index (χ2n) is 5.11. The molecule has 0 aliphatic carbocycles. The first-order valence-electron chi connectivity index (χ1n) is 6.40. The maximum absolute atomic E-state index is 4.56. The van der Waals surface area contributed by atoms with Crippen LogP contribution in [0.2, 0.25) is 0 Å². The van der Waals surface area contributed by atoms with Crippen molar-refractivity contribution in [3.05, 3.63) is 30.1 Å². The Morgan fingerprint density at radius 3 is 2.56 bits per heavy atom. The smallest absolute Gasteiger partial charge is 0.0439 e.